The number of aryl methyl sites for hydroxylation is 1. The molecule has 0 bridgehead atoms. The van der Waals surface area contributed by atoms with E-state index in [0.717, 1.165) is 22.5 Å². The van der Waals surface area contributed by atoms with E-state index in [1.807, 2.05) is 62.4 Å². The van der Waals surface area contributed by atoms with E-state index in [4.69, 9.17) is 4.74 Å². The van der Waals surface area contributed by atoms with Crippen LogP contribution in [0.2, 0.25) is 0 Å². The van der Waals surface area contributed by atoms with Gasteiger partial charge in [-0.15, -0.1) is 0 Å². The van der Waals surface area contributed by atoms with Crippen molar-refractivity contribution in [3.8, 4) is 5.75 Å². The number of anilines is 2. The fourth-order valence-electron chi connectivity index (χ4n) is 4.63. The standard InChI is InChI=1S/C28H20N2O3/c1-15-10-12-17(13-11-15)29-20-14-22-26(30-25-16(2)6-5-9-21(25)33-22)24-23(20)27(31)18-7-3-4-8-19(18)28(24)32/h3-14,21,29H,1-2H3/p+1. The van der Waals surface area contributed by atoms with Gasteiger partial charge in [-0.3, -0.25) is 9.59 Å². The highest BCUT2D eigenvalue weighted by molar-refractivity contribution is 6.32. The second-order valence-electron chi connectivity index (χ2n) is 8.55. The molecule has 33 heavy (non-hydrogen) atoms. The quantitative estimate of drug-likeness (QED) is 0.502. The molecule has 2 aliphatic carbocycles. The number of hydrogen-bond donors (Lipinski definition) is 2. The average Bonchev–Trinajstić information content (AvgIpc) is 2.82. The van der Waals surface area contributed by atoms with Gasteiger partial charge in [-0.2, -0.15) is 0 Å². The van der Waals surface area contributed by atoms with Crippen molar-refractivity contribution in [1.29, 1.82) is 0 Å². The van der Waals surface area contributed by atoms with Crippen molar-refractivity contribution >= 4 is 34.3 Å². The highest BCUT2D eigenvalue weighted by atomic mass is 16.5. The number of fused-ring (bicyclic) bond motifs is 5. The largest absolute Gasteiger partial charge is 0.468 e. The number of allylic oxidation sites excluding steroid dienone is 2. The van der Waals surface area contributed by atoms with E-state index in [9.17, 15) is 9.59 Å². The minimum absolute atomic E-state index is 0.178. The van der Waals surface area contributed by atoms with Crippen LogP contribution in [0.1, 0.15) is 44.3 Å². The first kappa shape index (κ1) is 19.4. The van der Waals surface area contributed by atoms with Gasteiger partial charge in [0.15, 0.2) is 11.5 Å². The molecular formula is C28H21N2O3+. The van der Waals surface area contributed by atoms with Gasteiger partial charge in [0, 0.05) is 28.5 Å². The van der Waals surface area contributed by atoms with Gasteiger partial charge >= 0.3 is 0 Å². The number of ether oxygens (including phenoxy) is 1. The fraction of sp³-hybridized carbons (Fsp3) is 0.107. The Morgan fingerprint density at radius 1 is 0.909 bits per heavy atom. The zero-order valence-electron chi connectivity index (χ0n) is 18.2. The van der Waals surface area contributed by atoms with Gasteiger partial charge in [-0.05, 0) is 32.1 Å². The Hall–Kier alpha value is -4.25. The molecule has 1 atom stereocenters. The van der Waals surface area contributed by atoms with Crippen LogP contribution in [0.3, 0.4) is 0 Å². The first-order chi connectivity index (χ1) is 16.0. The summed E-state index contributed by atoms with van der Waals surface area (Å²) in [6.45, 7) is 4.01. The molecule has 5 heteroatoms. The van der Waals surface area contributed by atoms with Gasteiger partial charge in [-0.25, -0.2) is 4.99 Å². The molecule has 3 aromatic carbocycles. The Balaban J connectivity index is 1.61. The van der Waals surface area contributed by atoms with E-state index >= 15 is 0 Å². The summed E-state index contributed by atoms with van der Waals surface area (Å²) in [6, 6.07) is 16.7. The molecule has 1 heterocycles. The second-order valence-corrected chi connectivity index (χ2v) is 8.55. The maximum atomic E-state index is 13.7. The van der Waals surface area contributed by atoms with Gasteiger partial charge in [0.25, 0.3) is 5.69 Å². The first-order valence-corrected chi connectivity index (χ1v) is 10.9. The molecule has 1 aliphatic heterocycles. The van der Waals surface area contributed by atoms with Crippen molar-refractivity contribution in [3.63, 3.8) is 0 Å². The lowest BCUT2D eigenvalue weighted by molar-refractivity contribution is -0.363. The molecule has 6 rings (SSSR count). The van der Waals surface area contributed by atoms with Crippen LogP contribution in [0.5, 0.6) is 5.75 Å². The zero-order chi connectivity index (χ0) is 22.7. The molecular weight excluding hydrogens is 412 g/mol. The molecule has 1 unspecified atom stereocenters. The van der Waals surface area contributed by atoms with Crippen LogP contribution in [0.25, 0.3) is 0 Å². The van der Waals surface area contributed by atoms with E-state index < -0.39 is 0 Å². The third kappa shape index (κ3) is 2.97. The van der Waals surface area contributed by atoms with E-state index in [-0.39, 0.29) is 17.7 Å². The van der Waals surface area contributed by atoms with Crippen LogP contribution in [0.15, 0.2) is 78.4 Å². The number of rotatable bonds is 2. The summed E-state index contributed by atoms with van der Waals surface area (Å²) in [4.78, 5) is 30.8. The Labute approximate surface area is 191 Å². The molecule has 3 aliphatic rings. The van der Waals surface area contributed by atoms with Gasteiger partial charge in [-0.1, -0.05) is 54.1 Å². The summed E-state index contributed by atoms with van der Waals surface area (Å²) in [5.74, 6) is 0.173. The molecule has 0 saturated carbocycles. The van der Waals surface area contributed by atoms with Crippen molar-refractivity contribution < 1.29 is 19.3 Å². The number of nitrogens with one attached hydrogen (secondary N) is 2. The molecule has 0 fully saturated rings. The Kier molecular flexibility index (Phi) is 4.20. The summed E-state index contributed by atoms with van der Waals surface area (Å²) >= 11 is 0. The Morgan fingerprint density at radius 3 is 2.33 bits per heavy atom. The van der Waals surface area contributed by atoms with Crippen molar-refractivity contribution in [2.45, 2.75) is 20.0 Å². The SMILES string of the molecule is CC1=CC=CC2Oc3cc(Nc4ccc(C)cc4)c4c(c3[NH+]=C12)C(=O)c1ccccc1C4=O. The summed E-state index contributed by atoms with van der Waals surface area (Å²) in [5.41, 5.74) is 6.50. The third-order valence-electron chi connectivity index (χ3n) is 6.35. The number of carbonyl (C=O) groups excluding carboxylic acids is 2. The van der Waals surface area contributed by atoms with Crippen molar-refractivity contribution in [1.82, 2.24) is 0 Å². The molecule has 0 aromatic heterocycles. The van der Waals surface area contributed by atoms with E-state index in [1.54, 1.807) is 24.3 Å². The summed E-state index contributed by atoms with van der Waals surface area (Å²) in [7, 11) is 0. The lowest BCUT2D eigenvalue weighted by Gasteiger charge is -2.26. The van der Waals surface area contributed by atoms with Crippen LogP contribution >= 0.6 is 0 Å². The van der Waals surface area contributed by atoms with Crippen LogP contribution < -0.4 is 15.0 Å². The Bertz CT molecular complexity index is 1460. The van der Waals surface area contributed by atoms with E-state index in [0.29, 0.717) is 39.4 Å². The predicted molar refractivity (Wildman–Crippen MR) is 127 cm³/mol. The zero-order valence-corrected chi connectivity index (χ0v) is 18.2. The normalized spacial score (nSPS) is 17.7. The summed E-state index contributed by atoms with van der Waals surface area (Å²) < 4.78 is 6.31. The Morgan fingerprint density at radius 2 is 1.61 bits per heavy atom. The highest BCUT2D eigenvalue weighted by Crippen LogP contribution is 2.42. The monoisotopic (exact) mass is 433 g/mol. The number of carbonyl (C=O) groups is 2. The number of hydrogen-bond acceptors (Lipinski definition) is 4. The molecule has 0 amide bonds. The predicted octanol–water partition coefficient (Wildman–Crippen LogP) is 3.94. The smallest absolute Gasteiger partial charge is 0.258 e. The van der Waals surface area contributed by atoms with Crippen molar-refractivity contribution in [3.05, 3.63) is 106 Å². The van der Waals surface area contributed by atoms with E-state index in [1.165, 1.54) is 0 Å². The van der Waals surface area contributed by atoms with Gasteiger partial charge < -0.3 is 10.1 Å². The van der Waals surface area contributed by atoms with Crippen LogP contribution in [-0.4, -0.2) is 23.4 Å². The van der Waals surface area contributed by atoms with Gasteiger partial charge in [0.05, 0.1) is 11.3 Å². The minimum Gasteiger partial charge on any atom is -0.468 e. The average molecular weight is 433 g/mol. The molecule has 5 nitrogen and oxygen atoms in total. The fourth-order valence-corrected chi connectivity index (χ4v) is 4.63. The number of ketones is 2. The van der Waals surface area contributed by atoms with Gasteiger partial charge in [0.1, 0.15) is 5.56 Å². The maximum Gasteiger partial charge on any atom is 0.258 e. The molecule has 0 radical (unpaired) electrons. The second kappa shape index (κ2) is 7.14. The first-order valence-electron chi connectivity index (χ1n) is 10.9. The number of benzene rings is 3. The van der Waals surface area contributed by atoms with Crippen molar-refractivity contribution in [2.24, 2.45) is 0 Å². The summed E-state index contributed by atoms with van der Waals surface area (Å²) in [6.07, 6.45) is 5.65. The maximum absolute atomic E-state index is 13.7. The van der Waals surface area contributed by atoms with Crippen LogP contribution in [0.4, 0.5) is 17.1 Å². The topological polar surface area (TPSA) is 69.4 Å². The van der Waals surface area contributed by atoms with Crippen LogP contribution in [0, 0.1) is 6.92 Å². The lowest BCUT2D eigenvalue weighted by atomic mass is 9.81. The molecule has 0 spiro atoms. The molecule has 0 saturated heterocycles. The molecule has 160 valence electrons. The molecule has 2 N–H and O–H groups in total. The van der Waals surface area contributed by atoms with Crippen LogP contribution in [-0.2, 0) is 0 Å². The molecule has 3 aromatic rings. The van der Waals surface area contributed by atoms with Gasteiger partial charge in [0.2, 0.25) is 17.6 Å². The summed E-state index contributed by atoms with van der Waals surface area (Å²) in [5, 5.41) is 3.35. The minimum atomic E-state index is -0.269. The highest BCUT2D eigenvalue weighted by Gasteiger charge is 2.41. The third-order valence-corrected chi connectivity index (χ3v) is 6.35. The van der Waals surface area contributed by atoms with E-state index in [2.05, 4.69) is 10.3 Å². The van der Waals surface area contributed by atoms with Crippen molar-refractivity contribution in [2.75, 3.05) is 5.32 Å². The lowest BCUT2D eigenvalue weighted by Crippen LogP contribution is -2.73.